The minimum atomic E-state index is 0.368. The van der Waals surface area contributed by atoms with E-state index >= 15 is 0 Å². The summed E-state index contributed by atoms with van der Waals surface area (Å²) >= 11 is 1.45. The van der Waals surface area contributed by atoms with Gasteiger partial charge in [-0.1, -0.05) is 6.42 Å². The molecule has 0 unspecified atom stereocenters. The fourth-order valence-electron chi connectivity index (χ4n) is 2.95. The third-order valence-corrected chi connectivity index (χ3v) is 4.81. The van der Waals surface area contributed by atoms with Gasteiger partial charge >= 0.3 is 0 Å². The SMILES string of the molecule is O=C(Cc1ccns1)C1CC2(CCC2)C1. The molecule has 3 rings (SSSR count). The monoisotopic (exact) mass is 221 g/mol. The second-order valence-corrected chi connectivity index (χ2v) is 6.00. The van der Waals surface area contributed by atoms with Crippen molar-refractivity contribution in [3.05, 3.63) is 17.1 Å². The second-order valence-electron chi connectivity index (χ2n) is 5.08. The summed E-state index contributed by atoms with van der Waals surface area (Å²) in [5.41, 5.74) is 0.619. The molecule has 3 heteroatoms. The Morgan fingerprint density at radius 3 is 2.87 bits per heavy atom. The van der Waals surface area contributed by atoms with Crippen molar-refractivity contribution < 1.29 is 4.79 Å². The number of ketones is 1. The van der Waals surface area contributed by atoms with Gasteiger partial charge in [-0.25, -0.2) is 4.37 Å². The Balaban J connectivity index is 1.54. The Hall–Kier alpha value is -0.700. The highest BCUT2D eigenvalue weighted by molar-refractivity contribution is 7.05. The lowest BCUT2D eigenvalue weighted by molar-refractivity contribution is -0.133. The molecule has 1 spiro atoms. The van der Waals surface area contributed by atoms with E-state index in [2.05, 4.69) is 4.37 Å². The van der Waals surface area contributed by atoms with Crippen LogP contribution in [0.3, 0.4) is 0 Å². The van der Waals surface area contributed by atoms with E-state index in [1.54, 1.807) is 6.20 Å². The highest BCUT2D eigenvalue weighted by atomic mass is 32.1. The van der Waals surface area contributed by atoms with Crippen LogP contribution in [-0.2, 0) is 11.2 Å². The Morgan fingerprint density at radius 1 is 1.53 bits per heavy atom. The molecule has 0 amide bonds. The van der Waals surface area contributed by atoms with Crippen molar-refractivity contribution >= 4 is 17.3 Å². The average Bonchev–Trinajstić information content (AvgIpc) is 2.51. The lowest BCUT2D eigenvalue weighted by Crippen LogP contribution is -2.45. The number of hydrogen-bond acceptors (Lipinski definition) is 3. The first kappa shape index (κ1) is 9.52. The molecule has 1 aromatic rings. The first-order valence-corrected chi connectivity index (χ1v) is 6.47. The standard InChI is InChI=1S/C12H15NOS/c14-11(6-10-2-5-13-15-10)9-7-12(8-9)3-1-4-12/h2,5,9H,1,3-4,6-8H2. The molecule has 2 fully saturated rings. The fourth-order valence-corrected chi connectivity index (χ4v) is 3.53. The first-order chi connectivity index (χ1) is 7.27. The number of carbonyl (C=O) groups excluding carboxylic acids is 1. The largest absolute Gasteiger partial charge is 0.299 e. The molecule has 0 radical (unpaired) electrons. The zero-order valence-corrected chi connectivity index (χ0v) is 9.55. The van der Waals surface area contributed by atoms with Crippen LogP contribution in [0, 0.1) is 11.3 Å². The van der Waals surface area contributed by atoms with Crippen LogP contribution in [0.2, 0.25) is 0 Å². The summed E-state index contributed by atoms with van der Waals surface area (Å²) in [4.78, 5) is 13.0. The maximum Gasteiger partial charge on any atom is 0.141 e. The Morgan fingerprint density at radius 2 is 2.33 bits per heavy atom. The quantitative estimate of drug-likeness (QED) is 0.785. The Labute approximate surface area is 93.9 Å². The maximum absolute atomic E-state index is 11.9. The second kappa shape index (κ2) is 3.41. The van der Waals surface area contributed by atoms with Gasteiger partial charge < -0.3 is 0 Å². The van der Waals surface area contributed by atoms with E-state index < -0.39 is 0 Å². The van der Waals surface area contributed by atoms with Crippen molar-refractivity contribution in [3.63, 3.8) is 0 Å². The molecule has 1 aromatic heterocycles. The Bertz CT molecular complexity index is 359. The summed E-state index contributed by atoms with van der Waals surface area (Å²) in [6.07, 6.45) is 8.87. The van der Waals surface area contributed by atoms with Crippen LogP contribution in [0.15, 0.2) is 12.3 Å². The van der Waals surface area contributed by atoms with Crippen LogP contribution >= 0.6 is 11.5 Å². The number of nitrogens with zero attached hydrogens (tertiary/aromatic N) is 1. The van der Waals surface area contributed by atoms with Crippen LogP contribution in [0.1, 0.15) is 37.0 Å². The average molecular weight is 221 g/mol. The highest BCUT2D eigenvalue weighted by Gasteiger charge is 2.50. The van der Waals surface area contributed by atoms with E-state index in [0.29, 0.717) is 23.5 Å². The summed E-state index contributed by atoms with van der Waals surface area (Å²) in [5.74, 6) is 0.809. The molecular formula is C12H15NOS. The van der Waals surface area contributed by atoms with Gasteiger partial charge in [0.2, 0.25) is 0 Å². The molecule has 0 saturated heterocycles. The van der Waals surface area contributed by atoms with Gasteiger partial charge in [-0.05, 0) is 48.7 Å². The molecule has 0 atom stereocenters. The number of rotatable bonds is 3. The lowest BCUT2D eigenvalue weighted by Gasteiger charge is -2.53. The van der Waals surface area contributed by atoms with E-state index in [9.17, 15) is 4.79 Å². The molecule has 0 N–H and O–H groups in total. The van der Waals surface area contributed by atoms with Gasteiger partial charge in [0.05, 0.1) is 0 Å². The predicted molar refractivity (Wildman–Crippen MR) is 59.8 cm³/mol. The smallest absolute Gasteiger partial charge is 0.141 e. The Kier molecular flexibility index (Phi) is 2.16. The van der Waals surface area contributed by atoms with Crippen LogP contribution in [0.5, 0.6) is 0 Å². The molecular weight excluding hydrogens is 206 g/mol. The van der Waals surface area contributed by atoms with Gasteiger partial charge in [0.15, 0.2) is 0 Å². The van der Waals surface area contributed by atoms with E-state index in [1.165, 1.54) is 43.6 Å². The molecule has 15 heavy (non-hydrogen) atoms. The van der Waals surface area contributed by atoms with Crippen LogP contribution in [0.4, 0.5) is 0 Å². The number of Topliss-reactive ketones (excluding diaryl/α,β-unsaturated/α-hetero) is 1. The number of carbonyl (C=O) groups is 1. The minimum Gasteiger partial charge on any atom is -0.299 e. The van der Waals surface area contributed by atoms with E-state index in [0.717, 1.165) is 4.88 Å². The van der Waals surface area contributed by atoms with Crippen LogP contribution in [0.25, 0.3) is 0 Å². The van der Waals surface area contributed by atoms with Crippen LogP contribution in [-0.4, -0.2) is 10.2 Å². The van der Waals surface area contributed by atoms with Gasteiger partial charge in [0.1, 0.15) is 5.78 Å². The lowest BCUT2D eigenvalue weighted by atomic mass is 9.51. The molecule has 1 heterocycles. The van der Waals surface area contributed by atoms with Gasteiger partial charge in [0.25, 0.3) is 0 Å². The molecule has 0 aliphatic heterocycles. The predicted octanol–water partition coefficient (Wildman–Crippen LogP) is 2.84. The van der Waals surface area contributed by atoms with E-state index in [-0.39, 0.29) is 0 Å². The van der Waals surface area contributed by atoms with Crippen LogP contribution < -0.4 is 0 Å². The van der Waals surface area contributed by atoms with Crippen molar-refractivity contribution in [1.29, 1.82) is 0 Å². The highest BCUT2D eigenvalue weighted by Crippen LogP contribution is 2.58. The number of hydrogen-bond donors (Lipinski definition) is 0. The fraction of sp³-hybridized carbons (Fsp3) is 0.667. The summed E-state index contributed by atoms with van der Waals surface area (Å²) in [6, 6.07) is 1.96. The van der Waals surface area contributed by atoms with Crippen molar-refractivity contribution in [1.82, 2.24) is 4.37 Å². The van der Waals surface area contributed by atoms with Crippen molar-refractivity contribution in [3.8, 4) is 0 Å². The molecule has 0 aromatic carbocycles. The molecule has 80 valence electrons. The zero-order chi connectivity index (χ0) is 10.3. The molecule has 2 nitrogen and oxygen atoms in total. The zero-order valence-electron chi connectivity index (χ0n) is 8.74. The van der Waals surface area contributed by atoms with Gasteiger partial charge in [-0.3, -0.25) is 4.79 Å². The third-order valence-electron chi connectivity index (χ3n) is 4.07. The normalized spacial score (nSPS) is 23.5. The maximum atomic E-state index is 11.9. The molecule has 2 aliphatic carbocycles. The molecule has 0 bridgehead atoms. The van der Waals surface area contributed by atoms with E-state index in [4.69, 9.17) is 0 Å². The van der Waals surface area contributed by atoms with Gasteiger partial charge in [-0.15, -0.1) is 0 Å². The molecule has 2 aliphatic rings. The van der Waals surface area contributed by atoms with E-state index in [1.807, 2.05) is 6.07 Å². The summed E-state index contributed by atoms with van der Waals surface area (Å²) in [6.45, 7) is 0. The minimum absolute atomic E-state index is 0.368. The summed E-state index contributed by atoms with van der Waals surface area (Å²) in [5, 5.41) is 0. The van der Waals surface area contributed by atoms with Crippen molar-refractivity contribution in [2.45, 2.75) is 38.5 Å². The van der Waals surface area contributed by atoms with Gasteiger partial charge in [0, 0.05) is 23.4 Å². The van der Waals surface area contributed by atoms with Crippen molar-refractivity contribution in [2.75, 3.05) is 0 Å². The third kappa shape index (κ3) is 1.63. The first-order valence-electron chi connectivity index (χ1n) is 5.70. The topological polar surface area (TPSA) is 30.0 Å². The number of aromatic nitrogens is 1. The van der Waals surface area contributed by atoms with Gasteiger partial charge in [-0.2, -0.15) is 0 Å². The summed E-state index contributed by atoms with van der Waals surface area (Å²) < 4.78 is 4.02. The summed E-state index contributed by atoms with van der Waals surface area (Å²) in [7, 11) is 0. The van der Waals surface area contributed by atoms with Crippen molar-refractivity contribution in [2.24, 2.45) is 11.3 Å². The molecule has 2 saturated carbocycles.